The molecular weight excluding hydrogens is 412 g/mol. The number of carbonyl (C=O) groups is 1. The van der Waals surface area contributed by atoms with Crippen molar-refractivity contribution in [3.8, 4) is 21.7 Å². The molecule has 1 heterocycles. The molecule has 4 rings (SSSR count). The van der Waals surface area contributed by atoms with Gasteiger partial charge >= 0.3 is 0 Å². The fourth-order valence-corrected chi connectivity index (χ4v) is 4.58. The molecule has 3 nitrogen and oxygen atoms in total. The molecule has 5 heteroatoms. The molecule has 1 aromatic heterocycles. The first-order valence-corrected chi connectivity index (χ1v) is 10.8. The first-order chi connectivity index (χ1) is 14.4. The number of hydrogen-bond donors (Lipinski definition) is 0. The molecule has 3 aromatic carbocycles. The highest BCUT2D eigenvalue weighted by Gasteiger charge is 2.16. The van der Waals surface area contributed by atoms with Crippen LogP contribution in [0.15, 0.2) is 77.8 Å². The molecule has 0 fully saturated rings. The van der Waals surface area contributed by atoms with Crippen LogP contribution in [0.4, 0.5) is 0 Å². The van der Waals surface area contributed by atoms with Gasteiger partial charge in [0.25, 0.3) is 5.91 Å². The number of benzene rings is 3. The molecule has 30 heavy (non-hydrogen) atoms. The second-order valence-corrected chi connectivity index (χ2v) is 8.62. The predicted octanol–water partition coefficient (Wildman–Crippen LogP) is 6.43. The van der Waals surface area contributed by atoms with Crippen LogP contribution < -0.4 is 4.80 Å². The van der Waals surface area contributed by atoms with Gasteiger partial charge in [0.2, 0.25) is 0 Å². The molecule has 0 aliphatic carbocycles. The average Bonchev–Trinajstić information content (AvgIpc) is 3.07. The summed E-state index contributed by atoms with van der Waals surface area (Å²) in [6.45, 7) is 3.98. The van der Waals surface area contributed by atoms with Crippen molar-refractivity contribution in [2.24, 2.45) is 12.0 Å². The standard InChI is InChI=1S/C25H21ClN2OS/c1-16-9-12-18(13-10-16)22-23(19-7-5-4-6-8-19)30-25(28(22)3)27-24(29)20-14-11-17(2)21(26)15-20/h4-15H,1-3H3. The number of amides is 1. The number of nitrogens with zero attached hydrogens (tertiary/aromatic N) is 2. The maximum atomic E-state index is 12.8. The maximum absolute atomic E-state index is 12.8. The van der Waals surface area contributed by atoms with Crippen LogP contribution in [0.2, 0.25) is 5.02 Å². The minimum absolute atomic E-state index is 0.302. The van der Waals surface area contributed by atoms with Crippen molar-refractivity contribution >= 4 is 28.8 Å². The Hall–Kier alpha value is -2.95. The van der Waals surface area contributed by atoms with Gasteiger partial charge in [-0.05, 0) is 42.7 Å². The number of aromatic nitrogens is 1. The Bertz CT molecular complexity index is 1290. The van der Waals surface area contributed by atoms with E-state index in [4.69, 9.17) is 11.6 Å². The van der Waals surface area contributed by atoms with E-state index in [0.29, 0.717) is 15.4 Å². The lowest BCUT2D eigenvalue weighted by atomic mass is 10.1. The Morgan fingerprint density at radius 3 is 2.30 bits per heavy atom. The number of carbonyl (C=O) groups excluding carboxylic acids is 1. The van der Waals surface area contributed by atoms with Crippen molar-refractivity contribution in [2.45, 2.75) is 13.8 Å². The quantitative estimate of drug-likeness (QED) is 0.367. The lowest BCUT2D eigenvalue weighted by Crippen LogP contribution is -2.14. The summed E-state index contributed by atoms with van der Waals surface area (Å²) < 4.78 is 1.99. The lowest BCUT2D eigenvalue weighted by Gasteiger charge is -2.08. The first-order valence-electron chi connectivity index (χ1n) is 9.61. The van der Waals surface area contributed by atoms with E-state index in [1.165, 1.54) is 16.9 Å². The zero-order valence-electron chi connectivity index (χ0n) is 17.0. The zero-order chi connectivity index (χ0) is 21.3. The van der Waals surface area contributed by atoms with Crippen LogP contribution in [0.3, 0.4) is 0 Å². The molecule has 0 saturated carbocycles. The van der Waals surface area contributed by atoms with Gasteiger partial charge in [-0.15, -0.1) is 0 Å². The van der Waals surface area contributed by atoms with Crippen LogP contribution in [0.5, 0.6) is 0 Å². The number of hydrogen-bond acceptors (Lipinski definition) is 2. The second-order valence-electron chi connectivity index (χ2n) is 7.23. The highest BCUT2D eigenvalue weighted by Crippen LogP contribution is 2.34. The molecule has 0 bridgehead atoms. The van der Waals surface area contributed by atoms with Gasteiger partial charge in [-0.2, -0.15) is 4.99 Å². The molecule has 0 unspecified atom stereocenters. The normalized spacial score (nSPS) is 11.7. The Labute approximate surface area is 184 Å². The van der Waals surface area contributed by atoms with Crippen LogP contribution in [-0.4, -0.2) is 10.5 Å². The maximum Gasteiger partial charge on any atom is 0.279 e. The van der Waals surface area contributed by atoms with Gasteiger partial charge < -0.3 is 4.57 Å². The summed E-state index contributed by atoms with van der Waals surface area (Å²) in [5.41, 5.74) is 5.85. The second kappa shape index (κ2) is 8.42. The highest BCUT2D eigenvalue weighted by molar-refractivity contribution is 7.13. The molecule has 4 aromatic rings. The van der Waals surface area contributed by atoms with Crippen molar-refractivity contribution < 1.29 is 4.79 Å². The third kappa shape index (κ3) is 4.02. The fourth-order valence-electron chi connectivity index (χ4n) is 3.25. The summed E-state index contributed by atoms with van der Waals surface area (Å²) in [6.07, 6.45) is 0. The summed E-state index contributed by atoms with van der Waals surface area (Å²) in [5.74, 6) is -0.302. The van der Waals surface area contributed by atoms with Gasteiger partial charge in [0.1, 0.15) is 0 Å². The van der Waals surface area contributed by atoms with Gasteiger partial charge in [0, 0.05) is 17.6 Å². The highest BCUT2D eigenvalue weighted by atomic mass is 35.5. The van der Waals surface area contributed by atoms with E-state index in [9.17, 15) is 4.79 Å². The third-order valence-electron chi connectivity index (χ3n) is 5.01. The van der Waals surface area contributed by atoms with Crippen molar-refractivity contribution in [3.05, 3.63) is 99.3 Å². The average molecular weight is 433 g/mol. The van der Waals surface area contributed by atoms with Gasteiger partial charge in [-0.25, -0.2) is 0 Å². The topological polar surface area (TPSA) is 34.4 Å². The van der Waals surface area contributed by atoms with Gasteiger partial charge in [-0.3, -0.25) is 4.79 Å². The summed E-state index contributed by atoms with van der Waals surface area (Å²) in [5, 5.41) is 0.567. The van der Waals surface area contributed by atoms with Crippen molar-refractivity contribution in [1.82, 2.24) is 4.57 Å². The molecule has 0 aliphatic heterocycles. The van der Waals surface area contributed by atoms with E-state index < -0.39 is 0 Å². The lowest BCUT2D eigenvalue weighted by molar-refractivity contribution is 0.0998. The SMILES string of the molecule is Cc1ccc(-c2c(-c3ccccc3)sc(=NC(=O)c3ccc(C)c(Cl)c3)n2C)cc1. The van der Waals surface area contributed by atoms with Gasteiger partial charge in [-0.1, -0.05) is 89.2 Å². The molecule has 0 radical (unpaired) electrons. The number of rotatable bonds is 3. The van der Waals surface area contributed by atoms with Gasteiger partial charge in [0.15, 0.2) is 4.80 Å². The van der Waals surface area contributed by atoms with Crippen LogP contribution in [0.1, 0.15) is 21.5 Å². The number of thiazole rings is 1. The van der Waals surface area contributed by atoms with E-state index in [1.807, 2.05) is 42.8 Å². The Balaban J connectivity index is 1.89. The number of halogens is 1. The fraction of sp³-hybridized carbons (Fsp3) is 0.120. The van der Waals surface area contributed by atoms with Crippen molar-refractivity contribution in [2.75, 3.05) is 0 Å². The Morgan fingerprint density at radius 2 is 1.63 bits per heavy atom. The predicted molar refractivity (Wildman–Crippen MR) is 125 cm³/mol. The number of aryl methyl sites for hydroxylation is 2. The molecule has 0 aliphatic rings. The van der Waals surface area contributed by atoms with Gasteiger partial charge in [0.05, 0.1) is 10.6 Å². The van der Waals surface area contributed by atoms with Crippen LogP contribution in [0.25, 0.3) is 21.7 Å². The minimum atomic E-state index is -0.302. The Morgan fingerprint density at radius 1 is 0.933 bits per heavy atom. The largest absolute Gasteiger partial charge is 0.319 e. The molecule has 150 valence electrons. The van der Waals surface area contributed by atoms with Crippen LogP contribution >= 0.6 is 22.9 Å². The summed E-state index contributed by atoms with van der Waals surface area (Å²) in [6, 6.07) is 23.9. The first kappa shape index (κ1) is 20.3. The summed E-state index contributed by atoms with van der Waals surface area (Å²) in [7, 11) is 1.95. The van der Waals surface area contributed by atoms with E-state index in [2.05, 4.69) is 48.3 Å². The zero-order valence-corrected chi connectivity index (χ0v) is 18.6. The molecule has 0 spiro atoms. The van der Waals surface area contributed by atoms with E-state index >= 15 is 0 Å². The van der Waals surface area contributed by atoms with Crippen LogP contribution in [-0.2, 0) is 7.05 Å². The molecule has 1 amide bonds. The molecule has 0 saturated heterocycles. The van der Waals surface area contributed by atoms with Crippen molar-refractivity contribution in [3.63, 3.8) is 0 Å². The van der Waals surface area contributed by atoms with E-state index in [0.717, 1.165) is 27.3 Å². The smallest absolute Gasteiger partial charge is 0.279 e. The van der Waals surface area contributed by atoms with Crippen molar-refractivity contribution in [1.29, 1.82) is 0 Å². The third-order valence-corrected chi connectivity index (χ3v) is 6.60. The molecular formula is C25H21ClN2OS. The van der Waals surface area contributed by atoms with Crippen LogP contribution in [0, 0.1) is 13.8 Å². The van der Waals surface area contributed by atoms with E-state index in [-0.39, 0.29) is 5.91 Å². The minimum Gasteiger partial charge on any atom is -0.319 e. The summed E-state index contributed by atoms with van der Waals surface area (Å²) in [4.78, 5) is 19.0. The van der Waals surface area contributed by atoms with E-state index in [1.54, 1.807) is 12.1 Å². The molecule has 0 N–H and O–H groups in total. The Kier molecular flexibility index (Phi) is 5.71. The summed E-state index contributed by atoms with van der Waals surface area (Å²) >= 11 is 7.71. The monoisotopic (exact) mass is 432 g/mol. The molecule has 0 atom stereocenters.